The van der Waals surface area contributed by atoms with Crippen LogP contribution < -0.4 is 4.72 Å². The molecule has 21 heavy (non-hydrogen) atoms. The van der Waals surface area contributed by atoms with Gasteiger partial charge in [-0.2, -0.15) is 0 Å². The van der Waals surface area contributed by atoms with Crippen LogP contribution in [0.4, 0.5) is 5.69 Å². The number of rotatable bonds is 7. The molecule has 0 aliphatic heterocycles. The van der Waals surface area contributed by atoms with Gasteiger partial charge in [0.15, 0.2) is 0 Å². The molecule has 1 aromatic carbocycles. The minimum absolute atomic E-state index is 0.0111. The summed E-state index contributed by atoms with van der Waals surface area (Å²) < 4.78 is 31.4. The fourth-order valence-electron chi connectivity index (χ4n) is 1.47. The Morgan fingerprint density at radius 1 is 1.29 bits per heavy atom. The smallest absolute Gasteiger partial charge is 0.234 e. The minimum atomic E-state index is -3.41. The molecule has 0 bridgehead atoms. The Labute approximate surface area is 126 Å². The van der Waals surface area contributed by atoms with Crippen LogP contribution >= 0.6 is 0 Å². The SMILES string of the molecule is CC(C)OCCS(=O)(=O)Nc1ccc(C#CCCO)cc1. The molecule has 0 atom stereocenters. The van der Waals surface area contributed by atoms with Crippen LogP contribution in [0.5, 0.6) is 0 Å². The molecule has 116 valence electrons. The Bertz CT molecular complexity index is 582. The fraction of sp³-hybridized carbons (Fsp3) is 0.467. The lowest BCUT2D eigenvalue weighted by Gasteiger charge is -2.10. The number of benzene rings is 1. The van der Waals surface area contributed by atoms with E-state index in [9.17, 15) is 8.42 Å². The molecule has 0 fully saturated rings. The zero-order valence-electron chi connectivity index (χ0n) is 12.3. The van der Waals surface area contributed by atoms with Crippen molar-refractivity contribution in [3.63, 3.8) is 0 Å². The third kappa shape index (κ3) is 7.71. The zero-order chi connectivity index (χ0) is 15.7. The summed E-state index contributed by atoms with van der Waals surface area (Å²) >= 11 is 0. The lowest BCUT2D eigenvalue weighted by molar-refractivity contribution is 0.0913. The second kappa shape index (κ2) is 8.67. The summed E-state index contributed by atoms with van der Waals surface area (Å²) in [6, 6.07) is 6.77. The van der Waals surface area contributed by atoms with Gasteiger partial charge >= 0.3 is 0 Å². The Morgan fingerprint density at radius 2 is 1.95 bits per heavy atom. The molecule has 6 heteroatoms. The van der Waals surface area contributed by atoms with Gasteiger partial charge in [-0.3, -0.25) is 4.72 Å². The summed E-state index contributed by atoms with van der Waals surface area (Å²) in [6.45, 7) is 3.91. The summed E-state index contributed by atoms with van der Waals surface area (Å²) in [7, 11) is -3.41. The van der Waals surface area contributed by atoms with Crippen molar-refractivity contribution >= 4 is 15.7 Å². The van der Waals surface area contributed by atoms with E-state index >= 15 is 0 Å². The van der Waals surface area contributed by atoms with Crippen molar-refractivity contribution in [1.82, 2.24) is 0 Å². The molecule has 0 radical (unpaired) electrons. The summed E-state index contributed by atoms with van der Waals surface area (Å²) in [5, 5.41) is 8.63. The van der Waals surface area contributed by atoms with Crippen molar-refractivity contribution in [3.05, 3.63) is 29.8 Å². The number of hydrogen-bond acceptors (Lipinski definition) is 4. The third-order valence-electron chi connectivity index (χ3n) is 2.43. The molecule has 0 aliphatic carbocycles. The topological polar surface area (TPSA) is 75.6 Å². The average Bonchev–Trinajstić information content (AvgIpc) is 2.40. The zero-order valence-corrected chi connectivity index (χ0v) is 13.1. The van der Waals surface area contributed by atoms with Crippen molar-refractivity contribution in [1.29, 1.82) is 0 Å². The molecule has 0 saturated heterocycles. The van der Waals surface area contributed by atoms with Gasteiger partial charge in [0.25, 0.3) is 0 Å². The highest BCUT2D eigenvalue weighted by Gasteiger charge is 2.10. The van der Waals surface area contributed by atoms with Gasteiger partial charge < -0.3 is 9.84 Å². The van der Waals surface area contributed by atoms with E-state index in [1.165, 1.54) is 0 Å². The van der Waals surface area contributed by atoms with Gasteiger partial charge in [-0.1, -0.05) is 11.8 Å². The summed E-state index contributed by atoms with van der Waals surface area (Å²) in [4.78, 5) is 0. The molecule has 5 nitrogen and oxygen atoms in total. The minimum Gasteiger partial charge on any atom is -0.395 e. The maximum atomic E-state index is 11.8. The molecular formula is C15H21NO4S. The Balaban J connectivity index is 2.57. The highest BCUT2D eigenvalue weighted by molar-refractivity contribution is 7.92. The van der Waals surface area contributed by atoms with E-state index < -0.39 is 10.0 Å². The van der Waals surface area contributed by atoms with E-state index in [1.54, 1.807) is 24.3 Å². The van der Waals surface area contributed by atoms with E-state index in [0.717, 1.165) is 5.56 Å². The van der Waals surface area contributed by atoms with Gasteiger partial charge in [0.2, 0.25) is 10.0 Å². The average molecular weight is 311 g/mol. The highest BCUT2D eigenvalue weighted by Crippen LogP contribution is 2.11. The number of aliphatic hydroxyl groups excluding tert-OH is 1. The molecular weight excluding hydrogens is 290 g/mol. The second-order valence-corrected chi connectivity index (χ2v) is 6.54. The first-order chi connectivity index (χ1) is 9.93. The quantitative estimate of drug-likeness (QED) is 0.750. The normalized spacial score (nSPS) is 11.0. The molecule has 0 aromatic heterocycles. The molecule has 1 aromatic rings. The van der Waals surface area contributed by atoms with Gasteiger partial charge in [-0.05, 0) is 38.1 Å². The molecule has 0 heterocycles. The number of hydrogen-bond donors (Lipinski definition) is 2. The van der Waals surface area contributed by atoms with Gasteiger partial charge in [0.05, 0.1) is 25.1 Å². The van der Waals surface area contributed by atoms with E-state index in [1.807, 2.05) is 13.8 Å². The van der Waals surface area contributed by atoms with Crippen LogP contribution in [0.3, 0.4) is 0 Å². The van der Waals surface area contributed by atoms with Crippen molar-refractivity contribution in [2.24, 2.45) is 0 Å². The Kier molecular flexibility index (Phi) is 7.23. The Hall–Kier alpha value is -1.55. The van der Waals surface area contributed by atoms with Crippen LogP contribution in [0.15, 0.2) is 24.3 Å². The predicted molar refractivity (Wildman–Crippen MR) is 83.5 cm³/mol. The number of anilines is 1. The first-order valence-corrected chi connectivity index (χ1v) is 8.40. The van der Waals surface area contributed by atoms with E-state index in [4.69, 9.17) is 9.84 Å². The Morgan fingerprint density at radius 3 is 2.52 bits per heavy atom. The lowest BCUT2D eigenvalue weighted by atomic mass is 10.2. The summed E-state index contributed by atoms with van der Waals surface area (Å²) in [5.41, 5.74) is 1.27. The van der Waals surface area contributed by atoms with Crippen LogP contribution in [0.1, 0.15) is 25.8 Å². The van der Waals surface area contributed by atoms with Gasteiger partial charge in [0.1, 0.15) is 0 Å². The van der Waals surface area contributed by atoms with E-state index in [-0.39, 0.29) is 25.1 Å². The largest absolute Gasteiger partial charge is 0.395 e. The molecule has 0 saturated carbocycles. The van der Waals surface area contributed by atoms with Crippen molar-refractivity contribution in [2.45, 2.75) is 26.4 Å². The van der Waals surface area contributed by atoms with Crippen LogP contribution in [0.25, 0.3) is 0 Å². The second-order valence-electron chi connectivity index (χ2n) is 4.69. The molecule has 2 N–H and O–H groups in total. The van der Waals surface area contributed by atoms with Crippen molar-refractivity contribution in [2.75, 3.05) is 23.7 Å². The van der Waals surface area contributed by atoms with Crippen molar-refractivity contribution < 1.29 is 18.3 Å². The number of sulfonamides is 1. The standard InChI is InChI=1S/C15H21NO4S/c1-13(2)20-11-12-21(18,19)16-15-8-6-14(7-9-15)5-3-4-10-17/h6-9,13,16-17H,4,10-12H2,1-2H3. The maximum absolute atomic E-state index is 11.8. The number of ether oxygens (including phenoxy) is 1. The van der Waals surface area contributed by atoms with Crippen LogP contribution in [0.2, 0.25) is 0 Å². The molecule has 0 amide bonds. The molecule has 1 rings (SSSR count). The molecule has 0 aliphatic rings. The van der Waals surface area contributed by atoms with Crippen LogP contribution in [-0.2, 0) is 14.8 Å². The first-order valence-electron chi connectivity index (χ1n) is 6.75. The lowest BCUT2D eigenvalue weighted by Crippen LogP contribution is -2.21. The summed E-state index contributed by atoms with van der Waals surface area (Å²) in [6.07, 6.45) is 0.432. The van der Waals surface area contributed by atoms with Crippen molar-refractivity contribution in [3.8, 4) is 11.8 Å². The fourth-order valence-corrected chi connectivity index (χ4v) is 2.38. The van der Waals surface area contributed by atoms with Gasteiger partial charge in [-0.25, -0.2) is 8.42 Å². The van der Waals surface area contributed by atoms with Crippen LogP contribution in [-0.4, -0.2) is 38.6 Å². The van der Waals surface area contributed by atoms with E-state index in [2.05, 4.69) is 16.6 Å². The monoisotopic (exact) mass is 311 g/mol. The maximum Gasteiger partial charge on any atom is 0.234 e. The number of nitrogens with one attached hydrogen (secondary N) is 1. The summed E-state index contributed by atoms with van der Waals surface area (Å²) in [5.74, 6) is 5.60. The van der Waals surface area contributed by atoms with Gasteiger partial charge in [0, 0.05) is 17.7 Å². The predicted octanol–water partition coefficient (Wildman–Crippen LogP) is 1.59. The molecule has 0 unspecified atom stereocenters. The highest BCUT2D eigenvalue weighted by atomic mass is 32.2. The third-order valence-corrected chi connectivity index (χ3v) is 3.68. The van der Waals surface area contributed by atoms with Crippen LogP contribution in [0, 0.1) is 11.8 Å². The van der Waals surface area contributed by atoms with Gasteiger partial charge in [-0.15, -0.1) is 0 Å². The number of aliphatic hydroxyl groups is 1. The first kappa shape index (κ1) is 17.5. The molecule has 0 spiro atoms. The van der Waals surface area contributed by atoms with E-state index in [0.29, 0.717) is 12.1 Å².